The largest absolute Gasteiger partial charge is 0.495 e. The molecule has 0 bridgehead atoms. The Bertz CT molecular complexity index is 603. The van der Waals surface area contributed by atoms with Gasteiger partial charge < -0.3 is 9.47 Å². The molecule has 0 atom stereocenters. The zero-order valence-corrected chi connectivity index (χ0v) is 12.5. The fraction of sp³-hybridized carbons (Fsp3) is 0.133. The molecule has 0 aromatic heterocycles. The summed E-state index contributed by atoms with van der Waals surface area (Å²) in [7, 11) is 1.55. The molecule has 4 heteroatoms. The number of methoxy groups -OCH3 is 1. The summed E-state index contributed by atoms with van der Waals surface area (Å²) in [4.78, 5) is 0. The van der Waals surface area contributed by atoms with Crippen LogP contribution in [0.2, 0.25) is 0 Å². The molecular formula is C15H12INO2. The summed E-state index contributed by atoms with van der Waals surface area (Å²) in [6.07, 6.45) is 0. The van der Waals surface area contributed by atoms with E-state index in [1.54, 1.807) is 19.2 Å². The summed E-state index contributed by atoms with van der Waals surface area (Å²) in [5, 5.41) is 9.02. The zero-order chi connectivity index (χ0) is 13.7. The molecule has 0 aliphatic heterocycles. The highest BCUT2D eigenvalue weighted by molar-refractivity contribution is 14.1. The van der Waals surface area contributed by atoms with Crippen LogP contribution in [0.3, 0.4) is 0 Å². The van der Waals surface area contributed by atoms with Crippen LogP contribution in [0.4, 0.5) is 0 Å². The highest BCUT2D eigenvalue weighted by Gasteiger charge is 2.04. The Morgan fingerprint density at radius 3 is 2.53 bits per heavy atom. The average Bonchev–Trinajstić information content (AvgIpc) is 2.46. The number of nitrogens with zero attached hydrogens (tertiary/aromatic N) is 1. The Kier molecular flexibility index (Phi) is 4.63. The van der Waals surface area contributed by atoms with Crippen LogP contribution >= 0.6 is 22.6 Å². The third-order valence-corrected chi connectivity index (χ3v) is 3.32. The zero-order valence-electron chi connectivity index (χ0n) is 10.4. The van der Waals surface area contributed by atoms with Gasteiger partial charge in [-0.3, -0.25) is 0 Å². The second-order valence-electron chi connectivity index (χ2n) is 3.89. The molecule has 0 saturated carbocycles. The highest BCUT2D eigenvalue weighted by Crippen LogP contribution is 2.20. The van der Waals surface area contributed by atoms with Gasteiger partial charge >= 0.3 is 0 Å². The number of benzene rings is 2. The Morgan fingerprint density at radius 2 is 1.89 bits per heavy atom. The minimum Gasteiger partial charge on any atom is -0.495 e. The monoisotopic (exact) mass is 365 g/mol. The first kappa shape index (κ1) is 13.7. The molecule has 0 amide bonds. The number of ether oxygens (including phenoxy) is 2. The van der Waals surface area contributed by atoms with Crippen LogP contribution in [-0.2, 0) is 6.61 Å². The van der Waals surface area contributed by atoms with Gasteiger partial charge in [0.1, 0.15) is 24.2 Å². The molecule has 0 unspecified atom stereocenters. The smallest absolute Gasteiger partial charge is 0.136 e. The van der Waals surface area contributed by atoms with E-state index in [1.807, 2.05) is 30.3 Å². The van der Waals surface area contributed by atoms with Gasteiger partial charge in [0.25, 0.3) is 0 Å². The van der Waals surface area contributed by atoms with Crippen molar-refractivity contribution in [2.45, 2.75) is 6.61 Å². The Balaban J connectivity index is 2.08. The first-order valence-electron chi connectivity index (χ1n) is 5.68. The second-order valence-corrected chi connectivity index (χ2v) is 5.13. The Morgan fingerprint density at radius 1 is 1.16 bits per heavy atom. The van der Waals surface area contributed by atoms with Crippen molar-refractivity contribution < 1.29 is 9.47 Å². The first-order chi connectivity index (χ1) is 9.22. The third kappa shape index (κ3) is 3.61. The molecule has 19 heavy (non-hydrogen) atoms. The number of halogens is 1. The number of hydrogen-bond acceptors (Lipinski definition) is 3. The van der Waals surface area contributed by atoms with Gasteiger partial charge in [0.2, 0.25) is 0 Å². The molecule has 2 aromatic rings. The standard InChI is InChI=1S/C15H12INO2/c1-18-15-7-2-11(8-12(15)9-17)10-19-14-5-3-13(16)4-6-14/h2-8H,10H2,1H3. The van der Waals surface area contributed by atoms with Gasteiger partial charge in [0, 0.05) is 3.57 Å². The van der Waals surface area contributed by atoms with E-state index < -0.39 is 0 Å². The lowest BCUT2D eigenvalue weighted by molar-refractivity contribution is 0.306. The van der Waals surface area contributed by atoms with Gasteiger partial charge in [-0.2, -0.15) is 5.26 Å². The minimum absolute atomic E-state index is 0.430. The van der Waals surface area contributed by atoms with E-state index in [0.29, 0.717) is 17.9 Å². The first-order valence-corrected chi connectivity index (χ1v) is 6.76. The van der Waals surface area contributed by atoms with E-state index in [1.165, 1.54) is 3.57 Å². The fourth-order valence-corrected chi connectivity index (χ4v) is 1.99. The molecule has 0 saturated heterocycles. The summed E-state index contributed by atoms with van der Waals surface area (Å²) in [6.45, 7) is 0.430. The number of hydrogen-bond donors (Lipinski definition) is 0. The SMILES string of the molecule is COc1ccc(COc2ccc(I)cc2)cc1C#N. The van der Waals surface area contributed by atoms with E-state index in [2.05, 4.69) is 28.7 Å². The van der Waals surface area contributed by atoms with Crippen LogP contribution in [0.5, 0.6) is 11.5 Å². The van der Waals surface area contributed by atoms with Crippen molar-refractivity contribution in [2.75, 3.05) is 7.11 Å². The lowest BCUT2D eigenvalue weighted by Gasteiger charge is -2.08. The average molecular weight is 365 g/mol. The van der Waals surface area contributed by atoms with Crippen molar-refractivity contribution in [3.8, 4) is 17.6 Å². The van der Waals surface area contributed by atoms with E-state index >= 15 is 0 Å². The van der Waals surface area contributed by atoms with Crippen LogP contribution < -0.4 is 9.47 Å². The lowest BCUT2D eigenvalue weighted by Crippen LogP contribution is -1.97. The van der Waals surface area contributed by atoms with Gasteiger partial charge in [-0.25, -0.2) is 0 Å². The number of nitriles is 1. The maximum atomic E-state index is 9.02. The molecule has 0 N–H and O–H groups in total. The molecule has 0 spiro atoms. The lowest BCUT2D eigenvalue weighted by atomic mass is 10.1. The van der Waals surface area contributed by atoms with Crippen molar-refractivity contribution in [1.82, 2.24) is 0 Å². The summed E-state index contributed by atoms with van der Waals surface area (Å²) in [5.74, 6) is 1.40. The Labute approximate surface area is 125 Å². The number of rotatable bonds is 4. The topological polar surface area (TPSA) is 42.2 Å². The fourth-order valence-electron chi connectivity index (χ4n) is 1.63. The molecule has 0 heterocycles. The molecule has 0 fully saturated rings. The summed E-state index contributed by atoms with van der Waals surface area (Å²) in [6, 6.07) is 15.4. The molecule has 96 valence electrons. The van der Waals surface area contributed by atoms with Crippen molar-refractivity contribution >= 4 is 22.6 Å². The quantitative estimate of drug-likeness (QED) is 0.775. The molecule has 2 rings (SSSR count). The van der Waals surface area contributed by atoms with E-state index in [0.717, 1.165) is 11.3 Å². The maximum Gasteiger partial charge on any atom is 0.136 e. The predicted octanol–water partition coefficient (Wildman–Crippen LogP) is 3.75. The van der Waals surface area contributed by atoms with Gasteiger partial charge in [-0.15, -0.1) is 0 Å². The van der Waals surface area contributed by atoms with Crippen molar-refractivity contribution in [3.63, 3.8) is 0 Å². The van der Waals surface area contributed by atoms with Gasteiger partial charge in [0.15, 0.2) is 0 Å². The molecule has 2 aromatic carbocycles. The van der Waals surface area contributed by atoms with Crippen LogP contribution in [0, 0.1) is 14.9 Å². The van der Waals surface area contributed by atoms with Crippen molar-refractivity contribution in [1.29, 1.82) is 5.26 Å². The van der Waals surface area contributed by atoms with Crippen molar-refractivity contribution in [3.05, 3.63) is 57.2 Å². The van der Waals surface area contributed by atoms with E-state index in [-0.39, 0.29) is 0 Å². The second kappa shape index (κ2) is 6.43. The van der Waals surface area contributed by atoms with E-state index in [9.17, 15) is 0 Å². The highest BCUT2D eigenvalue weighted by atomic mass is 127. The molecular weight excluding hydrogens is 353 g/mol. The predicted molar refractivity (Wildman–Crippen MR) is 81.2 cm³/mol. The maximum absolute atomic E-state index is 9.02. The summed E-state index contributed by atoms with van der Waals surface area (Å²) >= 11 is 2.25. The van der Waals surface area contributed by atoms with Gasteiger partial charge in [-0.05, 0) is 64.6 Å². The van der Waals surface area contributed by atoms with Crippen LogP contribution in [-0.4, -0.2) is 7.11 Å². The van der Waals surface area contributed by atoms with Crippen molar-refractivity contribution in [2.24, 2.45) is 0 Å². The molecule has 0 radical (unpaired) electrons. The third-order valence-electron chi connectivity index (χ3n) is 2.60. The normalized spacial score (nSPS) is 9.74. The van der Waals surface area contributed by atoms with Gasteiger partial charge in [0.05, 0.1) is 12.7 Å². The van der Waals surface area contributed by atoms with Crippen LogP contribution in [0.25, 0.3) is 0 Å². The molecule has 3 nitrogen and oxygen atoms in total. The van der Waals surface area contributed by atoms with E-state index in [4.69, 9.17) is 14.7 Å². The van der Waals surface area contributed by atoms with Crippen LogP contribution in [0.15, 0.2) is 42.5 Å². The molecule has 0 aliphatic carbocycles. The van der Waals surface area contributed by atoms with Crippen LogP contribution in [0.1, 0.15) is 11.1 Å². The van der Waals surface area contributed by atoms with Gasteiger partial charge in [-0.1, -0.05) is 6.07 Å². The Hall–Kier alpha value is -1.74. The summed E-state index contributed by atoms with van der Waals surface area (Å²) < 4.78 is 11.9. The summed E-state index contributed by atoms with van der Waals surface area (Å²) in [5.41, 5.74) is 1.46. The molecule has 0 aliphatic rings. The minimum atomic E-state index is 0.430.